The maximum atomic E-state index is 9.86. The van der Waals surface area contributed by atoms with Crippen LogP contribution in [0, 0.1) is 0 Å². The Bertz CT molecular complexity index is 384. The average molecular weight is 270 g/mol. The normalized spacial score (nSPS) is 35.3. The topological polar surface area (TPSA) is 99.4 Å². The van der Waals surface area contributed by atoms with Crippen molar-refractivity contribution in [2.75, 3.05) is 6.61 Å². The molecule has 6 heteroatoms. The van der Waals surface area contributed by atoms with Crippen LogP contribution in [-0.2, 0) is 16.1 Å². The molecule has 1 aromatic rings. The summed E-state index contributed by atoms with van der Waals surface area (Å²) in [5.41, 5.74) is 0.876. The van der Waals surface area contributed by atoms with Gasteiger partial charge in [0.25, 0.3) is 0 Å². The van der Waals surface area contributed by atoms with Crippen molar-refractivity contribution in [3.8, 4) is 0 Å². The standard InChI is InChI=1S/C13H18O6/c14-6-9-10(15)11(16)12(13(17)19-9)18-7-8-4-2-1-3-5-8/h1-5,9-17H,6-7H2/t9-,10-,11+,12+,13+/m1/s1. The van der Waals surface area contributed by atoms with Crippen LogP contribution in [0.25, 0.3) is 0 Å². The number of benzene rings is 1. The molecule has 1 aromatic carbocycles. The fourth-order valence-electron chi connectivity index (χ4n) is 2.02. The minimum absolute atomic E-state index is 0.180. The van der Waals surface area contributed by atoms with Crippen LogP contribution in [-0.4, -0.2) is 57.7 Å². The van der Waals surface area contributed by atoms with E-state index in [9.17, 15) is 15.3 Å². The third-order valence-electron chi connectivity index (χ3n) is 3.13. The van der Waals surface area contributed by atoms with Gasteiger partial charge in [-0.2, -0.15) is 0 Å². The molecular weight excluding hydrogens is 252 g/mol. The van der Waals surface area contributed by atoms with Gasteiger partial charge in [0.2, 0.25) is 0 Å². The van der Waals surface area contributed by atoms with E-state index in [1.165, 1.54) is 0 Å². The van der Waals surface area contributed by atoms with E-state index in [-0.39, 0.29) is 6.61 Å². The summed E-state index contributed by atoms with van der Waals surface area (Å²) in [7, 11) is 0. The first-order chi connectivity index (χ1) is 9.13. The average Bonchev–Trinajstić information content (AvgIpc) is 2.44. The fraction of sp³-hybridized carbons (Fsp3) is 0.538. The second-order valence-corrected chi connectivity index (χ2v) is 4.49. The zero-order chi connectivity index (χ0) is 13.8. The van der Waals surface area contributed by atoms with Gasteiger partial charge in [-0.15, -0.1) is 0 Å². The lowest BCUT2D eigenvalue weighted by atomic mass is 9.99. The molecule has 0 spiro atoms. The molecule has 0 unspecified atom stereocenters. The first-order valence-corrected chi connectivity index (χ1v) is 6.09. The molecule has 1 aliphatic heterocycles. The van der Waals surface area contributed by atoms with Gasteiger partial charge in [-0.05, 0) is 5.56 Å². The molecule has 1 aliphatic rings. The predicted octanol–water partition coefficient (Wildman–Crippen LogP) is -0.997. The Morgan fingerprint density at radius 1 is 1.05 bits per heavy atom. The third-order valence-corrected chi connectivity index (χ3v) is 3.13. The third kappa shape index (κ3) is 3.30. The summed E-state index contributed by atoms with van der Waals surface area (Å²) in [5, 5.41) is 38.2. The van der Waals surface area contributed by atoms with E-state index < -0.39 is 37.3 Å². The summed E-state index contributed by atoms with van der Waals surface area (Å²) in [6, 6.07) is 9.25. The summed E-state index contributed by atoms with van der Waals surface area (Å²) in [4.78, 5) is 0. The molecule has 1 fully saturated rings. The molecule has 6 nitrogen and oxygen atoms in total. The van der Waals surface area contributed by atoms with Gasteiger partial charge < -0.3 is 29.9 Å². The second-order valence-electron chi connectivity index (χ2n) is 4.49. The molecule has 0 radical (unpaired) electrons. The number of aliphatic hydroxyl groups excluding tert-OH is 4. The molecule has 19 heavy (non-hydrogen) atoms. The lowest BCUT2D eigenvalue weighted by Gasteiger charge is -2.39. The van der Waals surface area contributed by atoms with Gasteiger partial charge in [-0.3, -0.25) is 0 Å². The second kappa shape index (κ2) is 6.42. The van der Waals surface area contributed by atoms with E-state index in [2.05, 4.69) is 0 Å². The van der Waals surface area contributed by atoms with Crippen LogP contribution in [0.15, 0.2) is 30.3 Å². The molecule has 1 heterocycles. The Balaban J connectivity index is 1.96. The highest BCUT2D eigenvalue weighted by Crippen LogP contribution is 2.23. The van der Waals surface area contributed by atoms with Gasteiger partial charge in [-0.25, -0.2) is 0 Å². The largest absolute Gasteiger partial charge is 0.394 e. The Morgan fingerprint density at radius 2 is 1.74 bits per heavy atom. The van der Waals surface area contributed by atoms with Gasteiger partial charge in [0.1, 0.15) is 24.4 Å². The van der Waals surface area contributed by atoms with Crippen LogP contribution in [0.1, 0.15) is 5.56 Å². The Labute approximate surface area is 110 Å². The predicted molar refractivity (Wildman–Crippen MR) is 65.0 cm³/mol. The number of ether oxygens (including phenoxy) is 2. The first kappa shape index (κ1) is 14.4. The summed E-state index contributed by atoms with van der Waals surface area (Å²) in [5.74, 6) is 0. The van der Waals surface area contributed by atoms with Crippen LogP contribution in [0.2, 0.25) is 0 Å². The molecule has 0 aliphatic carbocycles. The first-order valence-electron chi connectivity index (χ1n) is 6.09. The van der Waals surface area contributed by atoms with Gasteiger partial charge in [-0.1, -0.05) is 30.3 Å². The van der Waals surface area contributed by atoms with Gasteiger partial charge in [0, 0.05) is 0 Å². The molecule has 2 rings (SSSR count). The maximum Gasteiger partial charge on any atom is 0.184 e. The lowest BCUT2D eigenvalue weighted by Crippen LogP contribution is -2.59. The zero-order valence-corrected chi connectivity index (χ0v) is 10.3. The Hall–Kier alpha value is -1.02. The quantitative estimate of drug-likeness (QED) is 0.560. The highest BCUT2D eigenvalue weighted by Gasteiger charge is 2.44. The van der Waals surface area contributed by atoms with Crippen molar-refractivity contribution in [1.82, 2.24) is 0 Å². The summed E-state index contributed by atoms with van der Waals surface area (Å²) in [6.45, 7) is -0.305. The Morgan fingerprint density at radius 3 is 2.37 bits per heavy atom. The van der Waals surface area contributed by atoms with Crippen LogP contribution in [0.4, 0.5) is 0 Å². The monoisotopic (exact) mass is 270 g/mol. The minimum atomic E-state index is -1.39. The summed E-state index contributed by atoms with van der Waals surface area (Å²) < 4.78 is 10.4. The van der Waals surface area contributed by atoms with Crippen molar-refractivity contribution in [1.29, 1.82) is 0 Å². The van der Waals surface area contributed by atoms with Crippen LogP contribution in [0.3, 0.4) is 0 Å². The molecule has 1 saturated heterocycles. The lowest BCUT2D eigenvalue weighted by molar-refractivity contribution is -0.298. The van der Waals surface area contributed by atoms with E-state index in [0.717, 1.165) is 5.56 Å². The van der Waals surface area contributed by atoms with Crippen molar-refractivity contribution < 1.29 is 29.9 Å². The maximum absolute atomic E-state index is 9.86. The molecule has 0 saturated carbocycles. The van der Waals surface area contributed by atoms with Crippen LogP contribution >= 0.6 is 0 Å². The van der Waals surface area contributed by atoms with E-state index >= 15 is 0 Å². The summed E-state index contributed by atoms with van der Waals surface area (Å²) >= 11 is 0. The molecule has 106 valence electrons. The molecule has 0 aromatic heterocycles. The molecular formula is C13H18O6. The smallest absolute Gasteiger partial charge is 0.184 e. The van der Waals surface area contributed by atoms with E-state index in [4.69, 9.17) is 14.6 Å². The van der Waals surface area contributed by atoms with Gasteiger partial charge in [0.05, 0.1) is 13.2 Å². The Kier molecular flexibility index (Phi) is 4.87. The van der Waals surface area contributed by atoms with Crippen molar-refractivity contribution in [2.24, 2.45) is 0 Å². The van der Waals surface area contributed by atoms with Crippen LogP contribution in [0.5, 0.6) is 0 Å². The number of hydrogen-bond donors (Lipinski definition) is 4. The van der Waals surface area contributed by atoms with Crippen molar-refractivity contribution in [2.45, 2.75) is 37.3 Å². The molecule has 5 atom stereocenters. The van der Waals surface area contributed by atoms with Crippen molar-refractivity contribution in [3.05, 3.63) is 35.9 Å². The van der Waals surface area contributed by atoms with E-state index in [1.54, 1.807) is 0 Å². The van der Waals surface area contributed by atoms with E-state index in [0.29, 0.717) is 0 Å². The highest BCUT2D eigenvalue weighted by atomic mass is 16.7. The molecule has 0 amide bonds. The summed E-state index contributed by atoms with van der Waals surface area (Å²) in [6.07, 6.45) is -6.07. The number of aliphatic hydroxyl groups is 4. The number of rotatable bonds is 4. The van der Waals surface area contributed by atoms with Crippen molar-refractivity contribution >= 4 is 0 Å². The zero-order valence-electron chi connectivity index (χ0n) is 10.3. The highest BCUT2D eigenvalue weighted by molar-refractivity contribution is 5.13. The molecule has 4 N–H and O–H groups in total. The van der Waals surface area contributed by atoms with E-state index in [1.807, 2.05) is 30.3 Å². The van der Waals surface area contributed by atoms with Crippen molar-refractivity contribution in [3.63, 3.8) is 0 Å². The van der Waals surface area contributed by atoms with Crippen LogP contribution < -0.4 is 0 Å². The molecule has 0 bridgehead atoms. The fourth-order valence-corrected chi connectivity index (χ4v) is 2.02. The minimum Gasteiger partial charge on any atom is -0.394 e. The SMILES string of the molecule is OC[C@H]1O[C@H](O)[C@@H](OCc2ccccc2)[C@@H](O)[C@@H]1O. The number of hydrogen-bond acceptors (Lipinski definition) is 6. The van der Waals surface area contributed by atoms with Gasteiger partial charge in [0.15, 0.2) is 6.29 Å². The van der Waals surface area contributed by atoms with Gasteiger partial charge >= 0.3 is 0 Å².